The molecule has 1 unspecified atom stereocenters. The van der Waals surface area contributed by atoms with Crippen LogP contribution in [0.1, 0.15) is 82.6 Å². The molecule has 3 N–H and O–H groups in total. The molecule has 2 saturated heterocycles. The molecule has 11 nitrogen and oxygen atoms in total. The van der Waals surface area contributed by atoms with Gasteiger partial charge < -0.3 is 20.3 Å². The molecule has 17 heteroatoms. The number of rotatable bonds is 7. The van der Waals surface area contributed by atoms with Crippen molar-refractivity contribution in [3.05, 3.63) is 53.8 Å². The first kappa shape index (κ1) is 37.3. The van der Waals surface area contributed by atoms with Gasteiger partial charge in [0.25, 0.3) is 11.1 Å². The largest absolute Gasteiger partial charge is 0.465 e. The molecule has 5 atom stereocenters. The van der Waals surface area contributed by atoms with Gasteiger partial charge in [0.2, 0.25) is 21.8 Å². The van der Waals surface area contributed by atoms with Crippen LogP contribution in [0, 0.1) is 11.7 Å². The summed E-state index contributed by atoms with van der Waals surface area (Å²) in [4.78, 5) is 48.5. The third-order valence-electron chi connectivity index (χ3n) is 10.7. The molecule has 3 aromatic rings. The number of thiazole rings is 1. The molecular formula is C36H41F4N5O6S2. The molecule has 2 aliphatic carbocycles. The lowest BCUT2D eigenvalue weighted by atomic mass is 9.92. The van der Waals surface area contributed by atoms with Crippen LogP contribution in [0.15, 0.2) is 42.5 Å². The summed E-state index contributed by atoms with van der Waals surface area (Å²) in [6.07, 6.45) is 0.618. The number of amides is 3. The average molecular weight is 780 g/mol. The van der Waals surface area contributed by atoms with Gasteiger partial charge in [-0.2, -0.15) is 13.2 Å². The summed E-state index contributed by atoms with van der Waals surface area (Å²) in [7, 11) is -3.92. The topological polar surface area (TPSA) is 147 Å². The van der Waals surface area contributed by atoms with Crippen LogP contribution in [0.5, 0.6) is 5.19 Å². The van der Waals surface area contributed by atoms with Gasteiger partial charge in [0.05, 0.1) is 27.6 Å². The maximum Gasteiger partial charge on any atom is 0.416 e. The molecule has 286 valence electrons. The molecule has 7 rings (SSSR count). The van der Waals surface area contributed by atoms with Gasteiger partial charge in [-0.3, -0.25) is 19.1 Å². The molecular weight excluding hydrogens is 739 g/mol. The second kappa shape index (κ2) is 14.7. The molecule has 4 aliphatic rings. The van der Waals surface area contributed by atoms with Gasteiger partial charge in [-0.1, -0.05) is 49.5 Å². The lowest BCUT2D eigenvalue weighted by molar-refractivity contribution is -0.141. The lowest BCUT2D eigenvalue weighted by Crippen LogP contribution is -2.62. The third kappa shape index (κ3) is 8.40. The van der Waals surface area contributed by atoms with E-state index >= 15 is 0 Å². The number of hydrogen-bond donors (Lipinski definition) is 3. The van der Waals surface area contributed by atoms with Crippen molar-refractivity contribution in [3.8, 4) is 5.19 Å². The molecule has 4 fully saturated rings. The standard InChI is InChI=1S/C36H41F4N5O6S2/c37-23-10-13-27-30(17-23)52-34(42-27)51-25-18-29-31(46)43-35(33(48)44-53(49,50)26-11-12-26)15-14-21(19-35)6-3-1-2-4-9-28(32(47)45(29)20-25)41-24-8-5-7-22(16-24)36(38,39)40/h5,7-8,10,13,16-17,21,25-26,28-29,41H,1-4,6,9,11-12,14-15,18-20H2,(H,43,46)(H,44,48)/t21?,25-,28+,29+,35-/m1/s1. The molecule has 3 amide bonds. The fraction of sp³-hybridized carbons (Fsp3) is 0.556. The van der Waals surface area contributed by atoms with Crippen LogP contribution in [0.25, 0.3) is 10.2 Å². The van der Waals surface area contributed by atoms with Crippen LogP contribution in [-0.2, 0) is 30.6 Å². The van der Waals surface area contributed by atoms with E-state index in [1.54, 1.807) is 0 Å². The molecule has 3 heterocycles. The second-order valence-corrected chi connectivity index (χ2v) is 17.7. The number of nitrogens with one attached hydrogen (secondary N) is 3. The van der Waals surface area contributed by atoms with Gasteiger partial charge in [-0.05, 0) is 80.8 Å². The van der Waals surface area contributed by atoms with Gasteiger partial charge in [-0.25, -0.2) is 17.8 Å². The number of halogens is 4. The van der Waals surface area contributed by atoms with Gasteiger partial charge >= 0.3 is 6.18 Å². The van der Waals surface area contributed by atoms with E-state index in [1.807, 2.05) is 0 Å². The summed E-state index contributed by atoms with van der Waals surface area (Å²) in [5, 5.41) is 5.45. The van der Waals surface area contributed by atoms with E-state index in [4.69, 9.17) is 4.74 Å². The van der Waals surface area contributed by atoms with E-state index in [-0.39, 0.29) is 49.0 Å². The zero-order valence-corrected chi connectivity index (χ0v) is 30.4. The van der Waals surface area contributed by atoms with Gasteiger partial charge in [0.1, 0.15) is 29.5 Å². The summed E-state index contributed by atoms with van der Waals surface area (Å²) >= 11 is 1.10. The Balaban J connectivity index is 1.20. The molecule has 1 aromatic heterocycles. The maximum atomic E-state index is 14.5. The number of benzene rings is 2. The van der Waals surface area contributed by atoms with Crippen molar-refractivity contribution in [3.63, 3.8) is 0 Å². The van der Waals surface area contributed by atoms with Crippen LogP contribution >= 0.6 is 11.3 Å². The van der Waals surface area contributed by atoms with Gasteiger partial charge in [0, 0.05) is 12.1 Å². The Morgan fingerprint density at radius 3 is 2.55 bits per heavy atom. The highest BCUT2D eigenvalue weighted by Crippen LogP contribution is 2.40. The Kier molecular flexibility index (Phi) is 10.3. The predicted molar refractivity (Wildman–Crippen MR) is 189 cm³/mol. The van der Waals surface area contributed by atoms with Gasteiger partial charge in [-0.15, -0.1) is 0 Å². The van der Waals surface area contributed by atoms with Gasteiger partial charge in [0.15, 0.2) is 0 Å². The SMILES string of the molecule is O=C1N[C@]2(C(=O)NS(=O)(=O)C3CC3)CCC(CCCCCC[C@H](Nc3cccc(C(F)(F)F)c3)C(=O)N3C[C@H](Oc4nc5ccc(F)cc5s4)C[C@@H]13)C2. The van der Waals surface area contributed by atoms with E-state index in [2.05, 4.69) is 20.3 Å². The lowest BCUT2D eigenvalue weighted by Gasteiger charge is -2.33. The summed E-state index contributed by atoms with van der Waals surface area (Å²) in [6, 6.07) is 6.52. The number of alkyl halides is 3. The molecule has 53 heavy (non-hydrogen) atoms. The van der Waals surface area contributed by atoms with Crippen molar-refractivity contribution in [1.82, 2.24) is 19.9 Å². The zero-order chi connectivity index (χ0) is 37.5. The number of carbonyl (C=O) groups is 3. The number of sulfonamides is 1. The number of fused-ring (bicyclic) bond motifs is 4. The van der Waals surface area contributed by atoms with Crippen molar-refractivity contribution in [2.45, 2.75) is 112 Å². The fourth-order valence-corrected chi connectivity index (χ4v) is 10.1. The second-order valence-electron chi connectivity index (χ2n) is 14.7. The van der Waals surface area contributed by atoms with E-state index < -0.39 is 74.3 Å². The van der Waals surface area contributed by atoms with Crippen molar-refractivity contribution in [2.24, 2.45) is 5.92 Å². The minimum absolute atomic E-state index is 0.0142. The first-order valence-electron chi connectivity index (χ1n) is 18.0. The normalized spacial score (nSPS) is 27.4. The quantitative estimate of drug-likeness (QED) is 0.252. The third-order valence-corrected chi connectivity index (χ3v) is 13.5. The van der Waals surface area contributed by atoms with Crippen LogP contribution in [0.3, 0.4) is 0 Å². The van der Waals surface area contributed by atoms with E-state index in [0.29, 0.717) is 35.9 Å². The summed E-state index contributed by atoms with van der Waals surface area (Å²) in [5.41, 5.74) is -1.81. The van der Waals surface area contributed by atoms with Crippen molar-refractivity contribution < 1.29 is 45.1 Å². The number of carbonyl (C=O) groups excluding carboxylic acids is 3. The fourth-order valence-electron chi connectivity index (χ4n) is 7.80. The van der Waals surface area contributed by atoms with Crippen molar-refractivity contribution in [1.29, 1.82) is 0 Å². The number of nitrogens with zero attached hydrogens (tertiary/aromatic N) is 2. The highest BCUT2D eigenvalue weighted by molar-refractivity contribution is 7.91. The minimum Gasteiger partial charge on any atom is -0.465 e. The minimum atomic E-state index is -4.60. The average Bonchev–Trinajstić information content (AvgIpc) is 3.60. The number of anilines is 1. The monoisotopic (exact) mass is 779 g/mol. The first-order chi connectivity index (χ1) is 25.2. The van der Waals surface area contributed by atoms with Crippen molar-refractivity contribution >= 4 is 55.0 Å². The molecule has 2 aromatic carbocycles. The van der Waals surface area contributed by atoms with E-state index in [1.165, 1.54) is 35.2 Å². The van der Waals surface area contributed by atoms with E-state index in [0.717, 1.165) is 49.2 Å². The molecule has 2 aliphatic heterocycles. The molecule has 2 bridgehead atoms. The van der Waals surface area contributed by atoms with Crippen molar-refractivity contribution in [2.75, 3.05) is 11.9 Å². The maximum absolute atomic E-state index is 14.5. The Labute approximate surface area is 308 Å². The zero-order valence-electron chi connectivity index (χ0n) is 28.8. The highest BCUT2D eigenvalue weighted by atomic mass is 32.2. The molecule has 2 saturated carbocycles. The van der Waals surface area contributed by atoms with Crippen LogP contribution in [0.4, 0.5) is 23.2 Å². The summed E-state index contributed by atoms with van der Waals surface area (Å²) in [6.45, 7) is -0.0835. The Bertz CT molecular complexity index is 1990. The predicted octanol–water partition coefficient (Wildman–Crippen LogP) is 5.90. The number of ether oxygens (including phenoxy) is 1. The first-order valence-corrected chi connectivity index (χ1v) is 20.4. The Hall–Kier alpha value is -3.99. The number of hydrogen-bond acceptors (Lipinski definition) is 9. The summed E-state index contributed by atoms with van der Waals surface area (Å²) < 4.78 is 89.4. The van der Waals surface area contributed by atoms with Crippen LogP contribution in [-0.4, -0.2) is 71.5 Å². The molecule has 0 radical (unpaired) electrons. The van der Waals surface area contributed by atoms with Crippen LogP contribution < -0.4 is 20.1 Å². The summed E-state index contributed by atoms with van der Waals surface area (Å²) in [5.74, 6) is -2.37. The van der Waals surface area contributed by atoms with E-state index in [9.17, 15) is 40.4 Å². The van der Waals surface area contributed by atoms with Crippen LogP contribution in [0.2, 0.25) is 0 Å². The Morgan fingerprint density at radius 2 is 1.79 bits per heavy atom. The Morgan fingerprint density at radius 1 is 1.02 bits per heavy atom. The highest BCUT2D eigenvalue weighted by Gasteiger charge is 2.52. The molecule has 0 spiro atoms. The smallest absolute Gasteiger partial charge is 0.416 e. The number of aromatic nitrogens is 1.